The van der Waals surface area contributed by atoms with E-state index in [1.807, 2.05) is 24.3 Å². The van der Waals surface area contributed by atoms with Gasteiger partial charge in [-0.15, -0.1) is 0 Å². The first kappa shape index (κ1) is 16.4. The zero-order valence-corrected chi connectivity index (χ0v) is 14.4. The van der Waals surface area contributed by atoms with E-state index >= 15 is 0 Å². The Kier molecular flexibility index (Phi) is 4.70. The molecule has 0 bridgehead atoms. The second-order valence-corrected chi connectivity index (χ2v) is 6.82. The molecule has 0 unspecified atom stereocenters. The van der Waals surface area contributed by atoms with Crippen molar-refractivity contribution < 1.29 is 19.4 Å². The lowest BCUT2D eigenvalue weighted by Crippen LogP contribution is -2.73. The second-order valence-electron chi connectivity index (χ2n) is 5.90. The van der Waals surface area contributed by atoms with Gasteiger partial charge >= 0.3 is 0 Å². The molecule has 3 atom stereocenters. The Morgan fingerprint density at radius 3 is 2.70 bits per heavy atom. The Morgan fingerprint density at radius 1 is 1.39 bits per heavy atom. The molecule has 7 heteroatoms. The summed E-state index contributed by atoms with van der Waals surface area (Å²) < 4.78 is 5.86. The van der Waals surface area contributed by atoms with E-state index in [1.54, 1.807) is 9.80 Å². The summed E-state index contributed by atoms with van der Waals surface area (Å²) in [5.74, 6) is -0.254. The van der Waals surface area contributed by atoms with Crippen molar-refractivity contribution >= 4 is 27.7 Å². The van der Waals surface area contributed by atoms with Gasteiger partial charge in [0.05, 0.1) is 25.2 Å². The Labute approximate surface area is 143 Å². The van der Waals surface area contributed by atoms with E-state index in [1.165, 1.54) is 7.11 Å². The molecule has 0 aromatic heterocycles. The maximum absolute atomic E-state index is 12.3. The van der Waals surface area contributed by atoms with Crippen LogP contribution in [0.1, 0.15) is 11.5 Å². The number of piperazine rings is 1. The summed E-state index contributed by atoms with van der Waals surface area (Å²) in [5, 5.41) is 9.68. The Morgan fingerprint density at radius 2 is 2.09 bits per heavy atom. The fraction of sp³-hybridized carbons (Fsp3) is 0.500. The maximum atomic E-state index is 12.3. The molecule has 6 nitrogen and oxygen atoms in total. The van der Waals surface area contributed by atoms with Gasteiger partial charge in [-0.05, 0) is 17.7 Å². The van der Waals surface area contributed by atoms with Crippen LogP contribution >= 0.6 is 15.9 Å². The number of nitrogens with zero attached hydrogens (tertiary/aromatic N) is 2. The second kappa shape index (κ2) is 6.59. The molecule has 0 aliphatic carbocycles. The van der Waals surface area contributed by atoms with Crippen molar-refractivity contribution in [2.75, 3.05) is 33.4 Å². The fourth-order valence-electron chi connectivity index (χ4n) is 3.59. The highest BCUT2D eigenvalue weighted by Crippen LogP contribution is 2.43. The molecule has 0 radical (unpaired) electrons. The number of aliphatic hydroxyl groups is 1. The molecule has 0 saturated carbocycles. The van der Waals surface area contributed by atoms with Crippen LogP contribution in [0, 0.1) is 0 Å². The van der Waals surface area contributed by atoms with Crippen LogP contribution in [-0.4, -0.2) is 72.2 Å². The van der Waals surface area contributed by atoms with E-state index in [-0.39, 0.29) is 49.6 Å². The van der Waals surface area contributed by atoms with Crippen LogP contribution in [0.5, 0.6) is 0 Å². The van der Waals surface area contributed by atoms with Crippen LogP contribution in [-0.2, 0) is 14.3 Å². The molecule has 2 fully saturated rings. The summed E-state index contributed by atoms with van der Waals surface area (Å²) in [5.41, 5.74) is 1.07. The lowest BCUT2D eigenvalue weighted by molar-refractivity contribution is -0.168. The van der Waals surface area contributed by atoms with E-state index in [2.05, 4.69) is 15.9 Å². The van der Waals surface area contributed by atoms with Crippen LogP contribution < -0.4 is 0 Å². The number of carbonyl (C=O) groups excluding carboxylic acids is 2. The summed E-state index contributed by atoms with van der Waals surface area (Å²) in [4.78, 5) is 27.7. The first-order valence-electron chi connectivity index (χ1n) is 7.51. The van der Waals surface area contributed by atoms with Gasteiger partial charge in [0, 0.05) is 24.0 Å². The van der Waals surface area contributed by atoms with Gasteiger partial charge in [-0.25, -0.2) is 0 Å². The van der Waals surface area contributed by atoms with Crippen molar-refractivity contribution in [1.29, 1.82) is 0 Å². The molecule has 23 heavy (non-hydrogen) atoms. The third-order valence-corrected chi connectivity index (χ3v) is 5.16. The van der Waals surface area contributed by atoms with Gasteiger partial charge in [0.1, 0.15) is 6.61 Å². The normalized spacial score (nSPS) is 26.7. The summed E-state index contributed by atoms with van der Waals surface area (Å²) >= 11 is 3.41. The lowest BCUT2D eigenvalue weighted by Gasteiger charge is -2.58. The van der Waals surface area contributed by atoms with E-state index in [4.69, 9.17) is 4.74 Å². The molecule has 2 amide bonds. The third-order valence-electron chi connectivity index (χ3n) is 4.63. The summed E-state index contributed by atoms with van der Waals surface area (Å²) in [6.45, 7) is 0.439. The smallest absolute Gasteiger partial charge is 0.249 e. The van der Waals surface area contributed by atoms with Gasteiger partial charge in [0.2, 0.25) is 11.8 Å². The monoisotopic (exact) mass is 382 g/mol. The number of hydrogen-bond acceptors (Lipinski definition) is 4. The number of aliphatic hydroxyl groups excluding tert-OH is 1. The molecule has 0 spiro atoms. The minimum Gasteiger partial charge on any atom is -0.394 e. The quantitative estimate of drug-likeness (QED) is 0.827. The molecule has 2 aliphatic rings. The predicted octanol–water partition coefficient (Wildman–Crippen LogP) is 0.593. The molecule has 2 heterocycles. The topological polar surface area (TPSA) is 70.1 Å². The SMILES string of the molecule is COCC(=O)N1CC(=O)N2[C@H](CO)[C@@H](c3ccc(Br)cc3)[C@H]2C1. The average Bonchev–Trinajstić information content (AvgIpc) is 2.51. The van der Waals surface area contributed by atoms with Crippen molar-refractivity contribution in [3.05, 3.63) is 34.3 Å². The van der Waals surface area contributed by atoms with Crippen LogP contribution in [0.4, 0.5) is 0 Å². The van der Waals surface area contributed by atoms with Crippen LogP contribution in [0.15, 0.2) is 28.7 Å². The first-order valence-corrected chi connectivity index (χ1v) is 8.30. The highest BCUT2D eigenvalue weighted by molar-refractivity contribution is 9.10. The van der Waals surface area contributed by atoms with Gasteiger partial charge < -0.3 is 19.6 Å². The average molecular weight is 383 g/mol. The number of rotatable bonds is 4. The number of ether oxygens (including phenoxy) is 1. The number of fused-ring (bicyclic) bond motifs is 1. The van der Waals surface area contributed by atoms with Gasteiger partial charge in [-0.2, -0.15) is 0 Å². The van der Waals surface area contributed by atoms with Gasteiger partial charge in [0.15, 0.2) is 0 Å². The predicted molar refractivity (Wildman–Crippen MR) is 86.8 cm³/mol. The number of carbonyl (C=O) groups is 2. The van der Waals surface area contributed by atoms with Crippen LogP contribution in [0.25, 0.3) is 0 Å². The molecule has 2 saturated heterocycles. The van der Waals surface area contributed by atoms with Crippen molar-refractivity contribution in [2.24, 2.45) is 0 Å². The molecular weight excluding hydrogens is 364 g/mol. The van der Waals surface area contributed by atoms with E-state index in [0.717, 1.165) is 10.0 Å². The zero-order chi connectivity index (χ0) is 16.6. The zero-order valence-electron chi connectivity index (χ0n) is 12.8. The molecule has 3 rings (SSSR count). The molecule has 124 valence electrons. The Bertz CT molecular complexity index is 607. The van der Waals surface area contributed by atoms with Crippen molar-refractivity contribution in [2.45, 2.75) is 18.0 Å². The van der Waals surface area contributed by atoms with Gasteiger partial charge in [0.25, 0.3) is 0 Å². The highest BCUT2D eigenvalue weighted by atomic mass is 79.9. The minimum atomic E-state index is -0.214. The van der Waals surface area contributed by atoms with Crippen molar-refractivity contribution in [3.8, 4) is 0 Å². The lowest BCUT2D eigenvalue weighted by atomic mass is 9.74. The van der Waals surface area contributed by atoms with Gasteiger partial charge in [-0.1, -0.05) is 28.1 Å². The summed E-state index contributed by atoms with van der Waals surface area (Å²) in [7, 11) is 1.46. The third kappa shape index (κ3) is 2.88. The molecular formula is C16H19BrN2O4. The largest absolute Gasteiger partial charge is 0.394 e. The van der Waals surface area contributed by atoms with E-state index < -0.39 is 0 Å². The summed E-state index contributed by atoms with van der Waals surface area (Å²) in [6, 6.07) is 7.59. The van der Waals surface area contributed by atoms with E-state index in [9.17, 15) is 14.7 Å². The van der Waals surface area contributed by atoms with Crippen LogP contribution in [0.2, 0.25) is 0 Å². The Hall–Kier alpha value is -1.44. The fourth-order valence-corrected chi connectivity index (χ4v) is 3.85. The van der Waals surface area contributed by atoms with Crippen molar-refractivity contribution in [1.82, 2.24) is 9.80 Å². The first-order chi connectivity index (χ1) is 11.1. The maximum Gasteiger partial charge on any atom is 0.249 e. The number of amides is 2. The molecule has 2 aliphatic heterocycles. The number of benzene rings is 1. The van der Waals surface area contributed by atoms with Gasteiger partial charge in [-0.3, -0.25) is 9.59 Å². The molecule has 1 aromatic carbocycles. The number of halogens is 1. The minimum absolute atomic E-state index is 0.0214. The standard InChI is InChI=1S/C16H19BrN2O4/c1-23-9-15(22)18-6-12-16(10-2-4-11(17)5-3-10)13(8-20)19(12)14(21)7-18/h2-5,12-13,16,20H,6-9H2,1H3/t12-,13-,16+/m1/s1. The van der Waals surface area contributed by atoms with E-state index in [0.29, 0.717) is 6.54 Å². The Balaban J connectivity index is 1.82. The molecule has 1 aromatic rings. The highest BCUT2D eigenvalue weighted by Gasteiger charge is 2.54. The molecule has 1 N–H and O–H groups in total. The van der Waals surface area contributed by atoms with Crippen molar-refractivity contribution in [3.63, 3.8) is 0 Å². The summed E-state index contributed by atoms with van der Waals surface area (Å²) in [6.07, 6.45) is 0. The number of methoxy groups -OCH3 is 1. The number of hydrogen-bond donors (Lipinski definition) is 1. The van der Waals surface area contributed by atoms with Crippen LogP contribution in [0.3, 0.4) is 0 Å².